The zero-order chi connectivity index (χ0) is 24.6. The molecule has 4 N–H and O–H groups in total. The normalized spacial score (nSPS) is 4.61. The third-order valence-corrected chi connectivity index (χ3v) is 0.166. The van der Waals surface area contributed by atoms with Crippen LogP contribution in [0.4, 0.5) is 0 Å². The Morgan fingerprint density at radius 2 is 0.606 bits per heavy atom. The topological polar surface area (TPSA) is 285 Å². The maximum Gasteiger partial charge on any atom is 1.00 e. The van der Waals surface area contributed by atoms with Crippen molar-refractivity contribution in [2.75, 3.05) is 21.3 Å². The van der Waals surface area contributed by atoms with E-state index < -0.39 is 23.9 Å². The first kappa shape index (κ1) is 90.8. The zero-order valence-corrected chi connectivity index (χ0v) is 32.8. The number of rotatable bonds is 0. The van der Waals surface area contributed by atoms with Gasteiger partial charge in [0.25, 0.3) is 0 Å². The number of amides is 1. The molecule has 0 heterocycles. The van der Waals surface area contributed by atoms with Crippen LogP contribution >= 0.6 is 0 Å². The van der Waals surface area contributed by atoms with E-state index in [2.05, 4.69) is 16.5 Å². The SMILES string of the molecule is CC(=O)ON.CC(=O)[O-].CC(=O)[O-].CC(=O)[O-].CC(N)=O.C[O-].C[O-].C[O-].[K+].[K+].[Li+].[Li+].[Na+].[Na+]. The second kappa shape index (κ2) is 111. The van der Waals surface area contributed by atoms with Crippen LogP contribution in [-0.2, 0) is 28.8 Å². The quantitative estimate of drug-likeness (QED) is 0.212. The van der Waals surface area contributed by atoms with Crippen LogP contribution in [0.1, 0.15) is 34.6 Å². The van der Waals surface area contributed by atoms with Crippen LogP contribution in [0, 0.1) is 0 Å². The van der Waals surface area contributed by atoms with E-state index >= 15 is 0 Å². The predicted octanol–water partition coefficient (Wildman–Crippen LogP) is -25.9. The summed E-state index contributed by atoms with van der Waals surface area (Å²) in [6, 6.07) is 0. The molecule has 0 aromatic carbocycles. The van der Waals surface area contributed by atoms with Crippen molar-refractivity contribution in [3.8, 4) is 0 Å². The van der Waals surface area contributed by atoms with Gasteiger partial charge in [-0.15, -0.1) is 0 Å². The summed E-state index contributed by atoms with van der Waals surface area (Å²) in [5.74, 6) is 0.271. The number of carboxylic acids is 3. The summed E-state index contributed by atoms with van der Waals surface area (Å²) in [6.45, 7) is 5.46. The molecule has 0 aliphatic carbocycles. The van der Waals surface area contributed by atoms with Gasteiger partial charge in [0.05, 0.1) is 0 Å². The molecule has 33 heavy (non-hydrogen) atoms. The molecule has 168 valence electrons. The van der Waals surface area contributed by atoms with E-state index in [4.69, 9.17) is 45.0 Å². The molecule has 0 rings (SSSR count). The smallest absolute Gasteiger partial charge is 0.857 e. The zero-order valence-electron chi connectivity index (χ0n) is 22.6. The summed E-state index contributed by atoms with van der Waals surface area (Å²) >= 11 is 0. The maximum absolute atomic E-state index is 9.47. The Bertz CT molecular complexity index is 290. The van der Waals surface area contributed by atoms with Crippen molar-refractivity contribution >= 4 is 29.8 Å². The van der Waals surface area contributed by atoms with Gasteiger partial charge < -0.3 is 55.6 Å². The minimum absolute atomic E-state index is 0. The van der Waals surface area contributed by atoms with Crippen molar-refractivity contribution in [1.82, 2.24) is 0 Å². The van der Waals surface area contributed by atoms with Crippen molar-refractivity contribution in [3.05, 3.63) is 0 Å². The summed E-state index contributed by atoms with van der Waals surface area (Å²) in [7, 11) is 2.25. The molecule has 0 fully saturated rings. The second-order valence-corrected chi connectivity index (χ2v) is 2.69. The summed E-state index contributed by atoms with van der Waals surface area (Å²) in [5.41, 5.74) is 4.47. The Kier molecular flexibility index (Phi) is 305. The minimum Gasteiger partial charge on any atom is -0.857 e. The Morgan fingerprint density at radius 3 is 0.606 bits per heavy atom. The predicted molar refractivity (Wildman–Crippen MR) is 80.6 cm³/mol. The number of primary amides is 1. The van der Waals surface area contributed by atoms with Crippen LogP contribution in [0.15, 0.2) is 0 Å². The standard InChI is InChI=1S/C2H5NO2.C2H5NO.3C2H4O2.3CH3O.2K.2Li.2Na/c1-2(4)5-3;4*1-2(3)4;3*1-2;;;;;;/h3H2,1H3;1H3,(H2,3,4);3*1H3,(H,3,4);3*1H3;;;;;;/q;;;;;3*-1;6*+1/p-3. The number of nitrogens with two attached hydrogens (primary N) is 2. The van der Waals surface area contributed by atoms with Crippen LogP contribution in [0.5, 0.6) is 0 Å². The number of aliphatic carboxylic acids is 3. The van der Waals surface area contributed by atoms with E-state index in [-0.39, 0.29) is 206 Å². The molecule has 0 radical (unpaired) electrons. The van der Waals surface area contributed by atoms with Crippen molar-refractivity contribution in [1.29, 1.82) is 0 Å². The minimum atomic E-state index is -1.08. The molecule has 20 heteroatoms. The number of hydrogen-bond donors (Lipinski definition) is 2. The molecule has 0 saturated heterocycles. The largest absolute Gasteiger partial charge is 1.00 e. The fraction of sp³-hybridized carbons (Fsp3) is 0.615. The van der Waals surface area contributed by atoms with E-state index in [0.717, 1.165) is 42.1 Å². The van der Waals surface area contributed by atoms with E-state index in [1.807, 2.05) is 0 Å². The van der Waals surface area contributed by atoms with Crippen LogP contribution in [0.25, 0.3) is 0 Å². The Hall–Kier alpha value is 3.66. The molecule has 0 aromatic rings. The molecule has 0 spiro atoms. The van der Waals surface area contributed by atoms with Gasteiger partial charge in [-0.05, 0) is 20.8 Å². The average molecular weight is 542 g/mol. The molecule has 0 aromatic heterocycles. The van der Waals surface area contributed by atoms with Crippen molar-refractivity contribution in [2.24, 2.45) is 11.6 Å². The van der Waals surface area contributed by atoms with Crippen LogP contribution < -0.4 is 242 Å². The van der Waals surface area contributed by atoms with Crippen molar-refractivity contribution in [2.45, 2.75) is 34.6 Å². The third kappa shape index (κ3) is 1260. The third-order valence-electron chi connectivity index (χ3n) is 0.166. The molecule has 0 atom stereocenters. The van der Waals surface area contributed by atoms with Crippen LogP contribution in [0.3, 0.4) is 0 Å². The monoisotopic (exact) mass is 542 g/mol. The van der Waals surface area contributed by atoms with Gasteiger partial charge in [0.1, 0.15) is 0 Å². The summed E-state index contributed by atoms with van der Waals surface area (Å²) < 4.78 is 0. The molecule has 0 aliphatic heterocycles. The van der Waals surface area contributed by atoms with Crippen molar-refractivity contribution < 1.29 is 259 Å². The molecular formula is C13H28K2Li2N2Na2O12. The Morgan fingerprint density at radius 1 is 0.576 bits per heavy atom. The number of carboxylic acid groups (broad SMARTS) is 3. The average Bonchev–Trinajstić information content (AvgIpc) is 2.51. The first-order valence-corrected chi connectivity index (χ1v) is 6.09. The molecule has 0 unspecified atom stereocenters. The molecule has 1 amide bonds. The van der Waals surface area contributed by atoms with Gasteiger partial charge in [-0.1, -0.05) is 0 Å². The van der Waals surface area contributed by atoms with Gasteiger partial charge in [-0.25, -0.2) is 0 Å². The van der Waals surface area contributed by atoms with Gasteiger partial charge in [-0.2, -0.15) is 27.2 Å². The van der Waals surface area contributed by atoms with Gasteiger partial charge in [-0.3, -0.25) is 9.59 Å². The van der Waals surface area contributed by atoms with Gasteiger partial charge in [0.15, 0.2) is 0 Å². The molecule has 14 nitrogen and oxygen atoms in total. The number of hydrogen-bond acceptors (Lipinski definition) is 13. The first-order valence-electron chi connectivity index (χ1n) is 6.09. The van der Waals surface area contributed by atoms with E-state index in [1.54, 1.807) is 0 Å². The van der Waals surface area contributed by atoms with Gasteiger partial charge in [0.2, 0.25) is 5.91 Å². The van der Waals surface area contributed by atoms with Crippen LogP contribution in [0.2, 0.25) is 0 Å². The van der Waals surface area contributed by atoms with E-state index in [9.17, 15) is 9.59 Å². The Labute approximate surface area is 349 Å². The molecule has 0 bridgehead atoms. The fourth-order valence-electron chi connectivity index (χ4n) is 0. The number of carbonyl (C=O) groups is 5. The maximum atomic E-state index is 9.47. The van der Waals surface area contributed by atoms with E-state index in [1.165, 1.54) is 13.8 Å². The fourth-order valence-corrected chi connectivity index (χ4v) is 0. The summed E-state index contributed by atoms with van der Waals surface area (Å²) in [5, 5.41) is 51.4. The first-order chi connectivity index (χ1) is 12.2. The molecular weight excluding hydrogens is 514 g/mol. The summed E-state index contributed by atoms with van der Waals surface area (Å²) in [6.07, 6.45) is 0. The number of carbonyl (C=O) groups excluding carboxylic acids is 5. The summed E-state index contributed by atoms with van der Waals surface area (Å²) in [4.78, 5) is 49.0. The Balaban J connectivity index is -0.0000000103. The van der Waals surface area contributed by atoms with Crippen LogP contribution in [-0.4, -0.2) is 51.1 Å². The molecule has 0 aliphatic rings. The molecule has 0 saturated carbocycles. The van der Waals surface area contributed by atoms with Crippen molar-refractivity contribution in [3.63, 3.8) is 0 Å². The van der Waals surface area contributed by atoms with Gasteiger partial charge >= 0.3 is 206 Å². The van der Waals surface area contributed by atoms with Gasteiger partial charge in [0, 0.05) is 31.8 Å². The second-order valence-electron chi connectivity index (χ2n) is 2.69. The van der Waals surface area contributed by atoms with E-state index in [0.29, 0.717) is 0 Å².